The van der Waals surface area contributed by atoms with E-state index in [1.165, 1.54) is 7.11 Å². The average molecular weight is 255 g/mol. The molecule has 1 saturated heterocycles. The molecule has 1 fully saturated rings. The molecule has 0 radical (unpaired) electrons. The van der Waals surface area contributed by atoms with Crippen molar-refractivity contribution in [3.8, 4) is 0 Å². The van der Waals surface area contributed by atoms with Gasteiger partial charge in [0.25, 0.3) is 0 Å². The number of hydrogen-bond donors (Lipinski definition) is 1. The maximum Gasteiger partial charge on any atom is 0.333 e. The van der Waals surface area contributed by atoms with Gasteiger partial charge in [0.15, 0.2) is 0 Å². The Kier molecular flexibility index (Phi) is 6.98. The lowest BCUT2D eigenvalue weighted by molar-refractivity contribution is -0.136. The van der Waals surface area contributed by atoms with Crippen LogP contribution in [0.4, 0.5) is 0 Å². The van der Waals surface area contributed by atoms with Crippen LogP contribution in [0.25, 0.3) is 0 Å². The summed E-state index contributed by atoms with van der Waals surface area (Å²) in [6.07, 6.45) is 4.88. The van der Waals surface area contributed by atoms with Crippen LogP contribution in [0.2, 0.25) is 0 Å². The molecule has 1 atom stereocenters. The fraction of sp³-hybridized carbons (Fsp3) is 0.786. The number of ether oxygens (including phenoxy) is 2. The highest BCUT2D eigenvalue weighted by molar-refractivity contribution is 5.88. The summed E-state index contributed by atoms with van der Waals surface area (Å²) in [4.78, 5) is 11.4. The van der Waals surface area contributed by atoms with Gasteiger partial charge in [-0.15, -0.1) is 0 Å². The van der Waals surface area contributed by atoms with Crippen LogP contribution < -0.4 is 5.32 Å². The van der Waals surface area contributed by atoms with E-state index in [1.807, 2.05) is 13.0 Å². The molecule has 1 N–H and O–H groups in total. The van der Waals surface area contributed by atoms with Crippen LogP contribution >= 0.6 is 0 Å². The number of carbonyl (C=O) groups is 1. The summed E-state index contributed by atoms with van der Waals surface area (Å²) in [6, 6.07) is 0.459. The summed E-state index contributed by atoms with van der Waals surface area (Å²) in [5.41, 5.74) is 0.740. The van der Waals surface area contributed by atoms with Crippen LogP contribution in [0, 0.1) is 5.92 Å². The van der Waals surface area contributed by atoms with Crippen molar-refractivity contribution in [2.24, 2.45) is 5.92 Å². The van der Waals surface area contributed by atoms with Gasteiger partial charge in [0.2, 0.25) is 0 Å². The Bertz CT molecular complexity index is 283. The monoisotopic (exact) mass is 255 g/mol. The van der Waals surface area contributed by atoms with E-state index in [0.717, 1.165) is 38.2 Å². The van der Waals surface area contributed by atoms with Crippen LogP contribution in [0.15, 0.2) is 11.6 Å². The molecule has 0 amide bonds. The predicted molar refractivity (Wildman–Crippen MR) is 71.4 cm³/mol. The van der Waals surface area contributed by atoms with Crippen molar-refractivity contribution in [1.82, 2.24) is 5.32 Å². The Labute approximate surface area is 110 Å². The van der Waals surface area contributed by atoms with Crippen molar-refractivity contribution in [3.05, 3.63) is 11.6 Å². The van der Waals surface area contributed by atoms with Gasteiger partial charge < -0.3 is 14.8 Å². The first-order valence-corrected chi connectivity index (χ1v) is 6.77. The molecule has 1 heterocycles. The normalized spacial score (nSPS) is 19.6. The highest BCUT2D eigenvalue weighted by atomic mass is 16.5. The number of carbonyl (C=O) groups excluding carboxylic acids is 1. The van der Waals surface area contributed by atoms with E-state index in [1.54, 1.807) is 0 Å². The molecule has 0 spiro atoms. The quantitative estimate of drug-likeness (QED) is 0.582. The molecule has 0 aromatic carbocycles. The van der Waals surface area contributed by atoms with E-state index in [2.05, 4.69) is 12.2 Å². The molecule has 1 aliphatic heterocycles. The zero-order valence-corrected chi connectivity index (χ0v) is 11.7. The van der Waals surface area contributed by atoms with Crippen LogP contribution in [0.1, 0.15) is 33.1 Å². The molecule has 1 rings (SSSR count). The molecule has 1 unspecified atom stereocenters. The lowest BCUT2D eigenvalue weighted by Crippen LogP contribution is -2.36. The minimum Gasteiger partial charge on any atom is -0.466 e. The maximum absolute atomic E-state index is 11.4. The second-order valence-electron chi connectivity index (χ2n) is 4.72. The molecule has 104 valence electrons. The van der Waals surface area contributed by atoms with Crippen molar-refractivity contribution in [2.75, 3.05) is 26.9 Å². The van der Waals surface area contributed by atoms with Crippen molar-refractivity contribution >= 4 is 5.97 Å². The van der Waals surface area contributed by atoms with E-state index < -0.39 is 0 Å². The van der Waals surface area contributed by atoms with Crippen LogP contribution in [0.3, 0.4) is 0 Å². The zero-order valence-electron chi connectivity index (χ0n) is 11.7. The highest BCUT2D eigenvalue weighted by Gasteiger charge is 2.19. The lowest BCUT2D eigenvalue weighted by Gasteiger charge is -2.28. The third kappa shape index (κ3) is 4.78. The third-order valence-electron chi connectivity index (χ3n) is 3.59. The molecule has 18 heavy (non-hydrogen) atoms. The van der Waals surface area contributed by atoms with Gasteiger partial charge in [-0.1, -0.05) is 13.0 Å². The Morgan fingerprint density at radius 3 is 2.72 bits per heavy atom. The minimum atomic E-state index is -0.224. The molecule has 4 heteroatoms. The highest BCUT2D eigenvalue weighted by Crippen LogP contribution is 2.18. The Hall–Kier alpha value is -0.870. The molecule has 0 bridgehead atoms. The van der Waals surface area contributed by atoms with E-state index in [9.17, 15) is 4.79 Å². The SMILES string of the molecule is CCC(=CCNC(C)C1CCOCC1)C(=O)OC. The fourth-order valence-electron chi connectivity index (χ4n) is 2.25. The summed E-state index contributed by atoms with van der Waals surface area (Å²) >= 11 is 0. The van der Waals surface area contributed by atoms with Gasteiger partial charge in [-0.3, -0.25) is 0 Å². The molecule has 4 nitrogen and oxygen atoms in total. The number of hydrogen-bond acceptors (Lipinski definition) is 4. The summed E-state index contributed by atoms with van der Waals surface area (Å²) in [5.74, 6) is 0.452. The van der Waals surface area contributed by atoms with Gasteiger partial charge in [-0.2, -0.15) is 0 Å². The molecular formula is C14H25NO3. The number of esters is 1. The second kappa shape index (κ2) is 8.27. The first kappa shape index (κ1) is 15.2. The predicted octanol–water partition coefficient (Wildman–Crippen LogP) is 1.90. The van der Waals surface area contributed by atoms with Gasteiger partial charge >= 0.3 is 5.97 Å². The van der Waals surface area contributed by atoms with Gasteiger partial charge in [-0.25, -0.2) is 4.79 Å². The molecular weight excluding hydrogens is 230 g/mol. The van der Waals surface area contributed by atoms with Crippen molar-refractivity contribution in [3.63, 3.8) is 0 Å². The van der Waals surface area contributed by atoms with E-state index in [-0.39, 0.29) is 5.97 Å². The third-order valence-corrected chi connectivity index (χ3v) is 3.59. The van der Waals surface area contributed by atoms with Crippen molar-refractivity contribution < 1.29 is 14.3 Å². The maximum atomic E-state index is 11.4. The number of nitrogens with one attached hydrogen (secondary N) is 1. The van der Waals surface area contributed by atoms with E-state index in [4.69, 9.17) is 9.47 Å². The van der Waals surface area contributed by atoms with Gasteiger partial charge in [0, 0.05) is 31.4 Å². The van der Waals surface area contributed by atoms with Crippen molar-refractivity contribution in [2.45, 2.75) is 39.2 Å². The van der Waals surface area contributed by atoms with Crippen LogP contribution in [0.5, 0.6) is 0 Å². The van der Waals surface area contributed by atoms with Crippen LogP contribution in [-0.4, -0.2) is 38.9 Å². The molecule has 1 aliphatic rings. The first-order chi connectivity index (χ1) is 8.69. The summed E-state index contributed by atoms with van der Waals surface area (Å²) in [5, 5.41) is 3.46. The standard InChI is InChI=1S/C14H25NO3/c1-4-12(14(16)17-3)5-8-15-11(2)13-6-9-18-10-7-13/h5,11,13,15H,4,6-10H2,1-3H3. The molecule has 0 aromatic heterocycles. The van der Waals surface area contributed by atoms with E-state index in [0.29, 0.717) is 18.4 Å². The van der Waals surface area contributed by atoms with Gasteiger partial charge in [0.05, 0.1) is 7.11 Å². The molecule has 0 saturated carbocycles. The fourth-order valence-corrected chi connectivity index (χ4v) is 2.25. The number of rotatable bonds is 6. The second-order valence-corrected chi connectivity index (χ2v) is 4.72. The summed E-state index contributed by atoms with van der Waals surface area (Å²) < 4.78 is 10.1. The van der Waals surface area contributed by atoms with E-state index >= 15 is 0 Å². The average Bonchev–Trinajstić information content (AvgIpc) is 2.43. The van der Waals surface area contributed by atoms with Gasteiger partial charge in [0.1, 0.15) is 0 Å². The van der Waals surface area contributed by atoms with Crippen molar-refractivity contribution in [1.29, 1.82) is 0 Å². The van der Waals surface area contributed by atoms with Gasteiger partial charge in [-0.05, 0) is 32.1 Å². The number of methoxy groups -OCH3 is 1. The minimum absolute atomic E-state index is 0.224. The smallest absolute Gasteiger partial charge is 0.333 e. The topological polar surface area (TPSA) is 47.6 Å². The Morgan fingerprint density at radius 2 is 2.17 bits per heavy atom. The Morgan fingerprint density at radius 1 is 1.50 bits per heavy atom. The largest absolute Gasteiger partial charge is 0.466 e. The zero-order chi connectivity index (χ0) is 13.4. The first-order valence-electron chi connectivity index (χ1n) is 6.77. The summed E-state index contributed by atoms with van der Waals surface area (Å²) in [6.45, 7) is 6.62. The van der Waals surface area contributed by atoms with Crippen LogP contribution in [-0.2, 0) is 14.3 Å². The lowest BCUT2D eigenvalue weighted by atomic mass is 9.93. The molecule has 0 aromatic rings. The summed E-state index contributed by atoms with van der Waals surface area (Å²) in [7, 11) is 1.42. The Balaban J connectivity index is 2.34. The molecule has 0 aliphatic carbocycles.